The molecule has 0 amide bonds. The lowest BCUT2D eigenvalue weighted by Gasteiger charge is -2.32. The van der Waals surface area contributed by atoms with Gasteiger partial charge in [0.1, 0.15) is 5.76 Å². The molecule has 0 bridgehead atoms. The van der Waals surface area contributed by atoms with E-state index in [1.807, 2.05) is 0 Å². The van der Waals surface area contributed by atoms with Gasteiger partial charge in [-0.1, -0.05) is 48.5 Å². The van der Waals surface area contributed by atoms with Crippen LogP contribution in [0, 0.1) is 0 Å². The van der Waals surface area contributed by atoms with E-state index >= 15 is 0 Å². The van der Waals surface area contributed by atoms with E-state index in [9.17, 15) is 24.3 Å². The summed E-state index contributed by atoms with van der Waals surface area (Å²) in [4.78, 5) is 57.3. The summed E-state index contributed by atoms with van der Waals surface area (Å²) in [6.45, 7) is 0. The molecule has 2 aliphatic carbocycles. The SMILES string of the molecule is O=C1C(=O)c2ccccc2C(O)=C1C1(Nc2cccnc2)C(=O)c2ccccc2C1=O. The molecule has 2 aromatic carbocycles. The predicted octanol–water partition coefficient (Wildman–Crippen LogP) is 3.05. The summed E-state index contributed by atoms with van der Waals surface area (Å²) in [5.41, 5.74) is -2.29. The van der Waals surface area contributed by atoms with Crippen molar-refractivity contribution in [2.45, 2.75) is 5.54 Å². The van der Waals surface area contributed by atoms with Crippen LogP contribution in [0.1, 0.15) is 36.6 Å². The number of benzene rings is 2. The van der Waals surface area contributed by atoms with Crippen molar-refractivity contribution in [3.05, 3.63) is 101 Å². The van der Waals surface area contributed by atoms with Gasteiger partial charge in [-0.2, -0.15) is 0 Å². The van der Waals surface area contributed by atoms with Crippen LogP contribution in [0.3, 0.4) is 0 Å². The standard InChI is InChI=1S/C24H14N2O5/c27-19-14-7-1-2-8-15(14)20(28)21(29)18(19)24(26-13-6-5-11-25-12-13)22(30)16-9-3-4-10-17(16)23(24)31/h1-12,26-27H. The number of aromatic nitrogens is 1. The van der Waals surface area contributed by atoms with Gasteiger partial charge in [-0.05, 0) is 12.1 Å². The molecule has 0 unspecified atom stereocenters. The molecule has 7 nitrogen and oxygen atoms in total. The van der Waals surface area contributed by atoms with Crippen molar-refractivity contribution in [2.24, 2.45) is 0 Å². The van der Waals surface area contributed by atoms with Gasteiger partial charge in [0.05, 0.1) is 11.3 Å². The monoisotopic (exact) mass is 410 g/mol. The molecule has 31 heavy (non-hydrogen) atoms. The summed E-state index contributed by atoms with van der Waals surface area (Å²) in [5.74, 6) is -4.03. The van der Waals surface area contributed by atoms with E-state index < -0.39 is 40.0 Å². The Hall–Kier alpha value is -4.39. The zero-order valence-corrected chi connectivity index (χ0v) is 16.0. The molecule has 5 rings (SSSR count). The van der Waals surface area contributed by atoms with E-state index in [-0.39, 0.29) is 27.9 Å². The Morgan fingerprint density at radius 2 is 1.29 bits per heavy atom. The van der Waals surface area contributed by atoms with Crippen molar-refractivity contribution in [3.63, 3.8) is 0 Å². The van der Waals surface area contributed by atoms with Gasteiger partial charge in [0, 0.05) is 34.6 Å². The number of aliphatic hydroxyl groups excluding tert-OH is 1. The number of nitrogens with zero attached hydrogens (tertiary/aromatic N) is 1. The summed E-state index contributed by atoms with van der Waals surface area (Å²) in [6, 6.07) is 15.3. The maximum atomic E-state index is 13.6. The van der Waals surface area contributed by atoms with Gasteiger partial charge in [0.2, 0.25) is 23.1 Å². The van der Waals surface area contributed by atoms with Crippen LogP contribution in [0.4, 0.5) is 5.69 Å². The Morgan fingerprint density at radius 3 is 1.87 bits per heavy atom. The number of rotatable bonds is 3. The highest BCUT2D eigenvalue weighted by molar-refractivity contribution is 6.56. The second-order valence-corrected chi connectivity index (χ2v) is 7.25. The molecule has 0 spiro atoms. The van der Waals surface area contributed by atoms with Crippen LogP contribution in [0.25, 0.3) is 5.76 Å². The van der Waals surface area contributed by atoms with Gasteiger partial charge < -0.3 is 10.4 Å². The summed E-state index contributed by atoms with van der Waals surface area (Å²) in [7, 11) is 0. The number of Topliss-reactive ketones (excluding diaryl/α,β-unsaturated/α-hetero) is 4. The third-order valence-corrected chi connectivity index (χ3v) is 5.56. The van der Waals surface area contributed by atoms with Crippen LogP contribution in [-0.2, 0) is 4.79 Å². The Balaban J connectivity index is 1.83. The van der Waals surface area contributed by atoms with Gasteiger partial charge in [-0.3, -0.25) is 24.2 Å². The lowest BCUT2D eigenvalue weighted by atomic mass is 9.75. The van der Waals surface area contributed by atoms with Crippen LogP contribution in [0.15, 0.2) is 78.6 Å². The lowest BCUT2D eigenvalue weighted by Crippen LogP contribution is -2.54. The molecule has 2 aliphatic rings. The highest BCUT2D eigenvalue weighted by Crippen LogP contribution is 2.43. The molecular formula is C24H14N2O5. The third kappa shape index (κ3) is 2.43. The van der Waals surface area contributed by atoms with E-state index in [1.165, 1.54) is 36.7 Å². The van der Waals surface area contributed by atoms with Gasteiger partial charge in [0.15, 0.2) is 5.54 Å². The van der Waals surface area contributed by atoms with Crippen LogP contribution in [0.2, 0.25) is 0 Å². The van der Waals surface area contributed by atoms with Gasteiger partial charge in [-0.15, -0.1) is 0 Å². The molecule has 1 heterocycles. The molecule has 0 fully saturated rings. The van der Waals surface area contributed by atoms with Crippen LogP contribution < -0.4 is 5.32 Å². The van der Waals surface area contributed by atoms with Crippen molar-refractivity contribution >= 4 is 34.6 Å². The van der Waals surface area contributed by atoms with Crippen molar-refractivity contribution in [3.8, 4) is 0 Å². The number of carbonyl (C=O) groups is 4. The Kier molecular flexibility index (Phi) is 3.94. The molecule has 3 aromatic rings. The molecule has 0 radical (unpaired) electrons. The molecule has 2 N–H and O–H groups in total. The number of anilines is 1. The first-order valence-corrected chi connectivity index (χ1v) is 9.46. The molecule has 0 aliphatic heterocycles. The first-order chi connectivity index (χ1) is 15.0. The fourth-order valence-corrected chi connectivity index (χ4v) is 4.16. The Labute approximate surface area is 176 Å². The minimum atomic E-state index is -2.29. The molecule has 0 atom stereocenters. The van der Waals surface area contributed by atoms with E-state index in [0.29, 0.717) is 0 Å². The largest absolute Gasteiger partial charge is 0.507 e. The lowest BCUT2D eigenvalue weighted by molar-refractivity contribution is -0.112. The van der Waals surface area contributed by atoms with E-state index in [1.54, 1.807) is 36.4 Å². The van der Waals surface area contributed by atoms with Crippen molar-refractivity contribution in [1.29, 1.82) is 0 Å². The smallest absolute Gasteiger partial charge is 0.236 e. The number of hydrogen-bond donors (Lipinski definition) is 2. The molecule has 0 saturated heterocycles. The third-order valence-electron chi connectivity index (χ3n) is 5.56. The van der Waals surface area contributed by atoms with Crippen LogP contribution in [0.5, 0.6) is 0 Å². The summed E-state index contributed by atoms with van der Waals surface area (Å²) >= 11 is 0. The molecule has 7 heteroatoms. The second-order valence-electron chi connectivity index (χ2n) is 7.25. The number of hydrogen-bond acceptors (Lipinski definition) is 7. The second kappa shape index (κ2) is 6.56. The summed E-state index contributed by atoms with van der Waals surface area (Å²) < 4.78 is 0. The Bertz CT molecular complexity index is 1310. The van der Waals surface area contributed by atoms with Gasteiger partial charge >= 0.3 is 0 Å². The van der Waals surface area contributed by atoms with Crippen molar-refractivity contribution in [2.75, 3.05) is 5.32 Å². The minimum Gasteiger partial charge on any atom is -0.507 e. The first-order valence-electron chi connectivity index (χ1n) is 9.46. The average Bonchev–Trinajstić information content (AvgIpc) is 3.01. The zero-order chi connectivity index (χ0) is 21.8. The zero-order valence-electron chi connectivity index (χ0n) is 16.0. The summed E-state index contributed by atoms with van der Waals surface area (Å²) in [5, 5.41) is 13.9. The minimum absolute atomic E-state index is 0.0145. The first kappa shape index (κ1) is 18.6. The number of pyridine rings is 1. The number of fused-ring (bicyclic) bond motifs is 2. The van der Waals surface area contributed by atoms with Gasteiger partial charge in [0.25, 0.3) is 0 Å². The predicted molar refractivity (Wildman–Crippen MR) is 111 cm³/mol. The van der Waals surface area contributed by atoms with Crippen LogP contribution >= 0.6 is 0 Å². The molecular weight excluding hydrogens is 396 g/mol. The van der Waals surface area contributed by atoms with E-state index in [0.717, 1.165) is 0 Å². The highest BCUT2D eigenvalue weighted by Gasteiger charge is 2.60. The number of carbonyl (C=O) groups excluding carboxylic acids is 4. The topological polar surface area (TPSA) is 113 Å². The van der Waals surface area contributed by atoms with Crippen molar-refractivity contribution in [1.82, 2.24) is 4.98 Å². The van der Waals surface area contributed by atoms with E-state index in [4.69, 9.17) is 0 Å². The van der Waals surface area contributed by atoms with Crippen molar-refractivity contribution < 1.29 is 24.3 Å². The highest BCUT2D eigenvalue weighted by atomic mass is 16.3. The summed E-state index contributed by atoms with van der Waals surface area (Å²) in [6.07, 6.45) is 2.89. The molecule has 0 saturated carbocycles. The Morgan fingerprint density at radius 1 is 0.710 bits per heavy atom. The maximum absolute atomic E-state index is 13.6. The maximum Gasteiger partial charge on any atom is 0.236 e. The van der Waals surface area contributed by atoms with Gasteiger partial charge in [-0.25, -0.2) is 0 Å². The molecule has 1 aromatic heterocycles. The number of aliphatic hydroxyl groups is 1. The fraction of sp³-hybridized carbons (Fsp3) is 0.0417. The van der Waals surface area contributed by atoms with Crippen LogP contribution in [-0.4, -0.2) is 38.8 Å². The quantitative estimate of drug-likeness (QED) is 0.504. The fourth-order valence-electron chi connectivity index (χ4n) is 4.16. The van der Waals surface area contributed by atoms with E-state index in [2.05, 4.69) is 10.3 Å². The number of nitrogens with one attached hydrogen (secondary N) is 1. The normalized spacial score (nSPS) is 16.9. The molecule has 150 valence electrons. The number of ketones is 4. The average molecular weight is 410 g/mol.